The quantitative estimate of drug-likeness (QED) is 0.688. The van der Waals surface area contributed by atoms with Crippen LogP contribution in [0.15, 0.2) is 24.3 Å². The molecule has 0 saturated heterocycles. The maximum Gasteiger partial charge on any atom is 0.323 e. The second kappa shape index (κ2) is 10.7. The van der Waals surface area contributed by atoms with Crippen molar-refractivity contribution in [2.24, 2.45) is 0 Å². The summed E-state index contributed by atoms with van der Waals surface area (Å²) in [7, 11) is 0. The van der Waals surface area contributed by atoms with E-state index in [0.717, 1.165) is 5.56 Å². The molecule has 6 nitrogen and oxygen atoms in total. The molecule has 0 aliphatic rings. The van der Waals surface area contributed by atoms with Crippen LogP contribution in [0.5, 0.6) is 0 Å². The maximum absolute atomic E-state index is 12.4. The Hall–Kier alpha value is -2.08. The number of hydrogen-bond acceptors (Lipinski definition) is 3. The van der Waals surface area contributed by atoms with Gasteiger partial charge in [-0.2, -0.15) is 0 Å². The summed E-state index contributed by atoms with van der Waals surface area (Å²) >= 11 is 5.83. The number of carboxylic acids is 1. The topological polar surface area (TPSA) is 77.9 Å². The summed E-state index contributed by atoms with van der Waals surface area (Å²) in [6.07, 6.45) is 0.841. The Kier molecular flexibility index (Phi) is 8.99. The molecule has 1 aromatic rings. The molecule has 0 radical (unpaired) electrons. The van der Waals surface area contributed by atoms with Crippen molar-refractivity contribution in [3.8, 4) is 0 Å². The Labute approximate surface area is 153 Å². The molecular weight excluding hydrogens is 344 g/mol. The minimum absolute atomic E-state index is 0.0142. The van der Waals surface area contributed by atoms with E-state index in [1.54, 1.807) is 29.2 Å². The number of nitrogens with zero attached hydrogens (tertiary/aromatic N) is 2. The second-order valence-corrected chi connectivity index (χ2v) is 6.13. The molecule has 2 amide bonds. The molecule has 0 heterocycles. The first kappa shape index (κ1) is 21.0. The Balaban J connectivity index is 2.60. The molecule has 1 N–H and O–H groups in total. The largest absolute Gasteiger partial charge is 0.480 e. The zero-order valence-electron chi connectivity index (χ0n) is 14.7. The Morgan fingerprint density at radius 2 is 1.48 bits per heavy atom. The van der Waals surface area contributed by atoms with Gasteiger partial charge in [0.25, 0.3) is 0 Å². The average Bonchev–Trinajstić information content (AvgIpc) is 2.57. The van der Waals surface area contributed by atoms with Crippen molar-refractivity contribution in [1.29, 1.82) is 0 Å². The average molecular weight is 369 g/mol. The highest BCUT2D eigenvalue weighted by atomic mass is 35.5. The van der Waals surface area contributed by atoms with Gasteiger partial charge < -0.3 is 14.9 Å². The predicted octanol–water partition coefficient (Wildman–Crippen LogP) is 2.79. The smallest absolute Gasteiger partial charge is 0.323 e. The second-order valence-electron chi connectivity index (χ2n) is 5.69. The van der Waals surface area contributed by atoms with E-state index in [0.29, 0.717) is 24.5 Å². The standard InChI is InChI=1S/C18H25ClN2O4/c1-3-20(4-2)16(22)6-5-7-17(23)21(13-18(24)25)12-14-8-10-15(19)11-9-14/h8-11H,3-7,12-13H2,1-2H3,(H,24,25). The van der Waals surface area contributed by atoms with E-state index in [1.807, 2.05) is 13.8 Å². The van der Waals surface area contributed by atoms with E-state index >= 15 is 0 Å². The number of aliphatic carboxylic acids is 1. The first-order chi connectivity index (χ1) is 11.9. The van der Waals surface area contributed by atoms with Gasteiger partial charge in [-0.15, -0.1) is 0 Å². The lowest BCUT2D eigenvalue weighted by Crippen LogP contribution is -2.35. The van der Waals surface area contributed by atoms with Crippen LogP contribution < -0.4 is 0 Å². The van der Waals surface area contributed by atoms with Crippen molar-refractivity contribution in [3.63, 3.8) is 0 Å². The monoisotopic (exact) mass is 368 g/mol. The normalized spacial score (nSPS) is 10.4. The molecule has 138 valence electrons. The van der Waals surface area contributed by atoms with Gasteiger partial charge in [0, 0.05) is 37.5 Å². The molecular formula is C18H25ClN2O4. The minimum atomic E-state index is -1.07. The molecule has 0 unspecified atom stereocenters. The number of carbonyl (C=O) groups excluding carboxylic acids is 2. The van der Waals surface area contributed by atoms with Gasteiger partial charge in [-0.3, -0.25) is 14.4 Å². The van der Waals surface area contributed by atoms with Gasteiger partial charge in [0.05, 0.1) is 0 Å². The fourth-order valence-electron chi connectivity index (χ4n) is 2.49. The summed E-state index contributed by atoms with van der Waals surface area (Å²) in [5, 5.41) is 9.61. The molecule has 0 spiro atoms. The van der Waals surface area contributed by atoms with Crippen LogP contribution in [0.2, 0.25) is 5.02 Å². The van der Waals surface area contributed by atoms with Crippen LogP contribution in [0.4, 0.5) is 0 Å². The zero-order valence-corrected chi connectivity index (χ0v) is 15.5. The molecule has 1 rings (SSSR count). The van der Waals surface area contributed by atoms with Gasteiger partial charge in [0.1, 0.15) is 6.54 Å². The first-order valence-corrected chi connectivity index (χ1v) is 8.76. The molecule has 1 aromatic carbocycles. The van der Waals surface area contributed by atoms with Gasteiger partial charge in [-0.25, -0.2) is 0 Å². The lowest BCUT2D eigenvalue weighted by molar-refractivity contribution is -0.145. The summed E-state index contributed by atoms with van der Waals surface area (Å²) in [6.45, 7) is 4.94. The molecule has 0 aliphatic carbocycles. The molecule has 0 bridgehead atoms. The third-order valence-corrected chi connectivity index (χ3v) is 4.11. The van der Waals surface area contributed by atoms with Crippen LogP contribution >= 0.6 is 11.6 Å². The van der Waals surface area contributed by atoms with E-state index in [9.17, 15) is 14.4 Å². The molecule has 0 aliphatic heterocycles. The Morgan fingerprint density at radius 3 is 1.96 bits per heavy atom. The lowest BCUT2D eigenvalue weighted by atomic mass is 10.1. The number of hydrogen-bond donors (Lipinski definition) is 1. The Morgan fingerprint density at radius 1 is 0.960 bits per heavy atom. The molecule has 25 heavy (non-hydrogen) atoms. The van der Waals surface area contributed by atoms with E-state index < -0.39 is 5.97 Å². The summed E-state index contributed by atoms with van der Waals surface area (Å²) in [5.74, 6) is -1.33. The fourth-order valence-corrected chi connectivity index (χ4v) is 2.62. The minimum Gasteiger partial charge on any atom is -0.480 e. The molecule has 0 saturated carbocycles. The number of carbonyl (C=O) groups is 3. The summed E-state index contributed by atoms with van der Waals surface area (Å²) < 4.78 is 0. The van der Waals surface area contributed by atoms with Crippen LogP contribution in [0.3, 0.4) is 0 Å². The molecule has 0 fully saturated rings. The lowest BCUT2D eigenvalue weighted by Gasteiger charge is -2.22. The summed E-state index contributed by atoms with van der Waals surface area (Å²) in [5.41, 5.74) is 0.804. The highest BCUT2D eigenvalue weighted by Crippen LogP contribution is 2.13. The van der Waals surface area contributed by atoms with Crippen molar-refractivity contribution in [2.75, 3.05) is 19.6 Å². The summed E-state index contributed by atoms with van der Waals surface area (Å²) in [4.78, 5) is 38.3. The highest BCUT2D eigenvalue weighted by Gasteiger charge is 2.18. The number of rotatable bonds is 10. The third kappa shape index (κ3) is 7.56. The van der Waals surface area contributed by atoms with Gasteiger partial charge in [0.15, 0.2) is 0 Å². The molecule has 7 heteroatoms. The van der Waals surface area contributed by atoms with Gasteiger partial charge in [-0.05, 0) is 38.0 Å². The number of halogens is 1. The van der Waals surface area contributed by atoms with Crippen molar-refractivity contribution in [2.45, 2.75) is 39.7 Å². The molecule has 0 aromatic heterocycles. The van der Waals surface area contributed by atoms with Gasteiger partial charge >= 0.3 is 5.97 Å². The van der Waals surface area contributed by atoms with Gasteiger partial charge in [0.2, 0.25) is 11.8 Å². The van der Waals surface area contributed by atoms with E-state index in [-0.39, 0.29) is 37.7 Å². The van der Waals surface area contributed by atoms with Crippen LogP contribution in [-0.2, 0) is 20.9 Å². The van der Waals surface area contributed by atoms with Crippen LogP contribution in [-0.4, -0.2) is 52.3 Å². The predicted molar refractivity (Wildman–Crippen MR) is 96.3 cm³/mol. The zero-order chi connectivity index (χ0) is 18.8. The van der Waals surface area contributed by atoms with Gasteiger partial charge in [-0.1, -0.05) is 23.7 Å². The van der Waals surface area contributed by atoms with Crippen molar-refractivity contribution in [3.05, 3.63) is 34.9 Å². The highest BCUT2D eigenvalue weighted by molar-refractivity contribution is 6.30. The van der Waals surface area contributed by atoms with E-state index in [1.165, 1.54) is 4.90 Å². The van der Waals surface area contributed by atoms with Crippen LogP contribution in [0, 0.1) is 0 Å². The SMILES string of the molecule is CCN(CC)C(=O)CCCC(=O)N(CC(=O)O)Cc1ccc(Cl)cc1. The summed E-state index contributed by atoms with van der Waals surface area (Å²) in [6, 6.07) is 6.91. The van der Waals surface area contributed by atoms with Crippen LogP contribution in [0.1, 0.15) is 38.7 Å². The third-order valence-electron chi connectivity index (χ3n) is 3.86. The van der Waals surface area contributed by atoms with E-state index in [2.05, 4.69) is 0 Å². The molecule has 0 atom stereocenters. The number of amides is 2. The van der Waals surface area contributed by atoms with Crippen molar-refractivity contribution >= 4 is 29.4 Å². The Bertz CT molecular complexity index is 585. The van der Waals surface area contributed by atoms with E-state index in [4.69, 9.17) is 16.7 Å². The first-order valence-electron chi connectivity index (χ1n) is 8.39. The van der Waals surface area contributed by atoms with Crippen LogP contribution in [0.25, 0.3) is 0 Å². The van der Waals surface area contributed by atoms with Crippen molar-refractivity contribution in [1.82, 2.24) is 9.80 Å². The number of carboxylic acid groups (broad SMARTS) is 1. The maximum atomic E-state index is 12.4. The number of benzene rings is 1. The van der Waals surface area contributed by atoms with Crippen molar-refractivity contribution < 1.29 is 19.5 Å². The fraction of sp³-hybridized carbons (Fsp3) is 0.500.